The van der Waals surface area contributed by atoms with Crippen LogP contribution in [0.15, 0.2) is 64.9 Å². The molecule has 7 nitrogen and oxygen atoms in total. The van der Waals surface area contributed by atoms with Crippen LogP contribution in [0.2, 0.25) is 0 Å². The molecule has 0 radical (unpaired) electrons. The lowest BCUT2D eigenvalue weighted by atomic mass is 10.2. The molecule has 1 aromatic heterocycles. The number of piperazine rings is 1. The van der Waals surface area contributed by atoms with Gasteiger partial charge in [-0.3, -0.25) is 0 Å². The summed E-state index contributed by atoms with van der Waals surface area (Å²) in [4.78, 5) is 2.30. The SMILES string of the molecule is COc1cccc(CNS(=O)(=O)c2ccc(Oc3cccc(N4CCNCC4)c3)s2)c1. The van der Waals surface area contributed by atoms with Crippen molar-refractivity contribution in [3.8, 4) is 16.6 Å². The summed E-state index contributed by atoms with van der Waals surface area (Å²) in [6.45, 7) is 3.99. The molecule has 2 aromatic carbocycles. The van der Waals surface area contributed by atoms with E-state index < -0.39 is 10.0 Å². The molecule has 3 aromatic rings. The Morgan fingerprint density at radius 2 is 1.81 bits per heavy atom. The molecule has 0 spiro atoms. The number of ether oxygens (including phenoxy) is 2. The van der Waals surface area contributed by atoms with Gasteiger partial charge in [0.1, 0.15) is 15.7 Å². The highest BCUT2D eigenvalue weighted by molar-refractivity contribution is 7.91. The van der Waals surface area contributed by atoms with Crippen LogP contribution in [0.5, 0.6) is 16.6 Å². The highest BCUT2D eigenvalue weighted by Gasteiger charge is 2.18. The van der Waals surface area contributed by atoms with Gasteiger partial charge < -0.3 is 19.7 Å². The van der Waals surface area contributed by atoms with E-state index in [1.807, 2.05) is 36.4 Å². The molecule has 31 heavy (non-hydrogen) atoms. The number of sulfonamides is 1. The van der Waals surface area contributed by atoms with Crippen LogP contribution in [-0.4, -0.2) is 41.7 Å². The van der Waals surface area contributed by atoms with Crippen molar-refractivity contribution in [2.45, 2.75) is 10.8 Å². The van der Waals surface area contributed by atoms with E-state index in [9.17, 15) is 8.42 Å². The van der Waals surface area contributed by atoms with E-state index in [4.69, 9.17) is 9.47 Å². The second kappa shape index (κ2) is 9.69. The quantitative estimate of drug-likeness (QED) is 0.537. The Morgan fingerprint density at radius 1 is 1.03 bits per heavy atom. The fraction of sp³-hybridized carbons (Fsp3) is 0.273. The van der Waals surface area contributed by atoms with Gasteiger partial charge in [-0.05, 0) is 42.0 Å². The molecule has 1 fully saturated rings. The molecule has 0 saturated carbocycles. The highest BCUT2D eigenvalue weighted by atomic mass is 32.2. The lowest BCUT2D eigenvalue weighted by Gasteiger charge is -2.29. The normalized spacial score (nSPS) is 14.4. The summed E-state index contributed by atoms with van der Waals surface area (Å²) in [6, 6.07) is 18.4. The number of anilines is 1. The highest BCUT2D eigenvalue weighted by Crippen LogP contribution is 2.33. The minimum atomic E-state index is -3.64. The predicted molar refractivity (Wildman–Crippen MR) is 123 cm³/mol. The molecular weight excluding hydrogens is 434 g/mol. The van der Waals surface area contributed by atoms with Crippen LogP contribution in [-0.2, 0) is 16.6 Å². The molecule has 9 heteroatoms. The molecule has 2 N–H and O–H groups in total. The Labute approximate surface area is 186 Å². The number of nitrogens with one attached hydrogen (secondary N) is 2. The molecule has 1 saturated heterocycles. The van der Waals surface area contributed by atoms with E-state index in [1.165, 1.54) is 0 Å². The maximum atomic E-state index is 12.7. The van der Waals surface area contributed by atoms with Crippen LogP contribution in [0, 0.1) is 0 Å². The van der Waals surface area contributed by atoms with Crippen molar-refractivity contribution in [1.29, 1.82) is 0 Å². The third-order valence-corrected chi connectivity index (χ3v) is 7.80. The molecule has 1 aliphatic heterocycles. The van der Waals surface area contributed by atoms with Crippen molar-refractivity contribution < 1.29 is 17.9 Å². The van der Waals surface area contributed by atoms with Crippen LogP contribution in [0.1, 0.15) is 5.56 Å². The Morgan fingerprint density at radius 3 is 2.61 bits per heavy atom. The van der Waals surface area contributed by atoms with E-state index in [-0.39, 0.29) is 10.8 Å². The first-order chi connectivity index (χ1) is 15.0. The predicted octanol–water partition coefficient (Wildman–Crippen LogP) is 3.44. The van der Waals surface area contributed by atoms with Crippen molar-refractivity contribution in [3.63, 3.8) is 0 Å². The number of thiophene rings is 1. The van der Waals surface area contributed by atoms with Crippen LogP contribution in [0.3, 0.4) is 0 Å². The first-order valence-electron chi connectivity index (χ1n) is 9.99. The van der Waals surface area contributed by atoms with Crippen molar-refractivity contribution in [3.05, 3.63) is 66.2 Å². The topological polar surface area (TPSA) is 79.9 Å². The lowest BCUT2D eigenvalue weighted by Crippen LogP contribution is -2.43. The van der Waals surface area contributed by atoms with Gasteiger partial charge in [0.15, 0.2) is 5.06 Å². The molecule has 4 rings (SSSR count). The van der Waals surface area contributed by atoms with Crippen LogP contribution >= 0.6 is 11.3 Å². The van der Waals surface area contributed by atoms with Gasteiger partial charge in [0.05, 0.1) is 7.11 Å². The van der Waals surface area contributed by atoms with Gasteiger partial charge in [0.2, 0.25) is 10.0 Å². The molecule has 0 atom stereocenters. The van der Waals surface area contributed by atoms with E-state index in [1.54, 1.807) is 25.3 Å². The molecule has 0 unspecified atom stereocenters. The van der Waals surface area contributed by atoms with Crippen LogP contribution in [0.4, 0.5) is 5.69 Å². The summed E-state index contributed by atoms with van der Waals surface area (Å²) in [6.07, 6.45) is 0. The number of rotatable bonds is 8. The van der Waals surface area contributed by atoms with E-state index in [0.29, 0.717) is 16.6 Å². The number of benzene rings is 2. The molecule has 0 aliphatic carbocycles. The summed E-state index contributed by atoms with van der Waals surface area (Å²) >= 11 is 1.10. The van der Waals surface area contributed by atoms with E-state index in [2.05, 4.69) is 21.0 Å². The number of methoxy groups -OCH3 is 1. The zero-order chi connectivity index (χ0) is 21.7. The maximum Gasteiger partial charge on any atom is 0.250 e. The first kappa shape index (κ1) is 21.6. The zero-order valence-electron chi connectivity index (χ0n) is 17.2. The zero-order valence-corrected chi connectivity index (χ0v) is 18.8. The van der Waals surface area contributed by atoms with Crippen molar-refractivity contribution in [1.82, 2.24) is 10.0 Å². The molecule has 2 heterocycles. The van der Waals surface area contributed by atoms with Crippen LogP contribution < -0.4 is 24.4 Å². The van der Waals surface area contributed by atoms with E-state index in [0.717, 1.165) is 48.8 Å². The minimum Gasteiger partial charge on any atom is -0.497 e. The standard InChI is InChI=1S/C22H25N3O4S2/c1-28-19-6-2-4-17(14-19)16-24-31(26,27)22-9-8-21(30-22)29-20-7-3-5-18(15-20)25-12-10-23-11-13-25/h2-9,14-15,23-24H,10-13,16H2,1H3. The molecular formula is C22H25N3O4S2. The largest absolute Gasteiger partial charge is 0.497 e. The Balaban J connectivity index is 1.41. The van der Waals surface area contributed by atoms with Crippen LogP contribution in [0.25, 0.3) is 0 Å². The minimum absolute atomic E-state index is 0.181. The van der Waals surface area contributed by atoms with Gasteiger partial charge in [-0.2, -0.15) is 0 Å². The second-order valence-electron chi connectivity index (χ2n) is 7.09. The summed E-state index contributed by atoms with van der Waals surface area (Å²) in [7, 11) is -2.06. The monoisotopic (exact) mass is 459 g/mol. The smallest absolute Gasteiger partial charge is 0.250 e. The van der Waals surface area contributed by atoms with Gasteiger partial charge in [-0.1, -0.05) is 29.5 Å². The first-order valence-corrected chi connectivity index (χ1v) is 12.3. The molecule has 164 valence electrons. The third kappa shape index (κ3) is 5.56. The summed E-state index contributed by atoms with van der Waals surface area (Å²) in [5.74, 6) is 1.37. The fourth-order valence-corrected chi connectivity index (χ4v) is 5.53. The Bertz CT molecular complexity index is 1130. The second-order valence-corrected chi connectivity index (χ2v) is 10.1. The van der Waals surface area contributed by atoms with Gasteiger partial charge in [0.25, 0.3) is 0 Å². The van der Waals surface area contributed by atoms with Gasteiger partial charge in [-0.25, -0.2) is 13.1 Å². The average molecular weight is 460 g/mol. The number of nitrogens with zero attached hydrogens (tertiary/aromatic N) is 1. The van der Waals surface area contributed by atoms with Crippen molar-refractivity contribution in [2.24, 2.45) is 0 Å². The lowest BCUT2D eigenvalue weighted by molar-refractivity contribution is 0.414. The van der Waals surface area contributed by atoms with Crippen molar-refractivity contribution in [2.75, 3.05) is 38.2 Å². The van der Waals surface area contributed by atoms with Gasteiger partial charge in [-0.15, -0.1) is 0 Å². The summed E-state index contributed by atoms with van der Waals surface area (Å²) < 4.78 is 39.3. The number of hydrogen-bond acceptors (Lipinski definition) is 7. The average Bonchev–Trinajstić information content (AvgIpc) is 3.28. The molecule has 0 amide bonds. The summed E-state index contributed by atoms with van der Waals surface area (Å²) in [5, 5.41) is 3.87. The van der Waals surface area contributed by atoms with Gasteiger partial charge in [0, 0.05) is 44.5 Å². The van der Waals surface area contributed by atoms with Crippen molar-refractivity contribution >= 4 is 27.0 Å². The summed E-state index contributed by atoms with van der Waals surface area (Å²) in [5.41, 5.74) is 1.92. The maximum absolute atomic E-state index is 12.7. The Kier molecular flexibility index (Phi) is 6.77. The molecule has 0 bridgehead atoms. The van der Waals surface area contributed by atoms with Gasteiger partial charge >= 0.3 is 0 Å². The fourth-order valence-electron chi connectivity index (χ4n) is 3.32. The molecule has 1 aliphatic rings. The Hall–Kier alpha value is -2.59. The number of hydrogen-bond donors (Lipinski definition) is 2. The van der Waals surface area contributed by atoms with E-state index >= 15 is 0 Å². The third-order valence-electron chi connectivity index (χ3n) is 4.94.